The number of aryl methyl sites for hydroxylation is 2. The second kappa shape index (κ2) is 9.13. The predicted octanol–water partition coefficient (Wildman–Crippen LogP) is 4.14. The van der Waals surface area contributed by atoms with Gasteiger partial charge in [-0.3, -0.25) is 9.59 Å². The second-order valence-electron chi connectivity index (χ2n) is 8.84. The Balaban J connectivity index is 1.17. The number of carbonyl (C=O) groups is 2. The van der Waals surface area contributed by atoms with Gasteiger partial charge in [0.15, 0.2) is 11.5 Å². The highest BCUT2D eigenvalue weighted by atomic mass is 32.1. The van der Waals surface area contributed by atoms with E-state index in [2.05, 4.69) is 26.3 Å². The number of benzene rings is 1. The molecule has 1 fully saturated rings. The largest absolute Gasteiger partial charge is 0.454 e. The van der Waals surface area contributed by atoms with Crippen LogP contribution in [0.3, 0.4) is 0 Å². The van der Waals surface area contributed by atoms with Gasteiger partial charge in [0.05, 0.1) is 10.7 Å². The number of ether oxygens (including phenoxy) is 2. The molecule has 0 bridgehead atoms. The first-order valence-electron chi connectivity index (χ1n) is 11.5. The summed E-state index contributed by atoms with van der Waals surface area (Å²) in [6, 6.07) is 7.49. The van der Waals surface area contributed by atoms with E-state index in [1.807, 2.05) is 31.7 Å². The Morgan fingerprint density at radius 2 is 1.88 bits per heavy atom. The molecule has 0 radical (unpaired) electrons. The summed E-state index contributed by atoms with van der Waals surface area (Å²) in [6.07, 6.45) is 1.30. The lowest BCUT2D eigenvalue weighted by molar-refractivity contribution is -0.135. The van der Waals surface area contributed by atoms with Crippen LogP contribution in [0.25, 0.3) is 11.3 Å². The predicted molar refractivity (Wildman–Crippen MR) is 130 cm³/mol. The van der Waals surface area contributed by atoms with Gasteiger partial charge in [-0.05, 0) is 51.8 Å². The summed E-state index contributed by atoms with van der Waals surface area (Å²) >= 11 is 1.63. The zero-order chi connectivity index (χ0) is 23.8. The van der Waals surface area contributed by atoms with E-state index in [-0.39, 0.29) is 24.5 Å². The molecular formula is C25H28N4O4S. The Morgan fingerprint density at radius 1 is 1.12 bits per heavy atom. The first kappa shape index (κ1) is 22.5. The van der Waals surface area contributed by atoms with Gasteiger partial charge in [0.25, 0.3) is 0 Å². The molecule has 1 N–H and O–H groups in total. The molecule has 3 aromatic rings. The molecule has 9 heteroatoms. The average Bonchev–Trinajstić information content (AvgIpc) is 3.54. The molecule has 4 heterocycles. The minimum absolute atomic E-state index is 0.0220. The first-order valence-corrected chi connectivity index (χ1v) is 12.3. The molecule has 0 atom stereocenters. The Hall–Kier alpha value is -3.33. The number of nitrogens with zero attached hydrogens (tertiary/aromatic N) is 3. The summed E-state index contributed by atoms with van der Waals surface area (Å²) in [5.74, 6) is 1.27. The number of hydrogen-bond acceptors (Lipinski definition) is 6. The van der Waals surface area contributed by atoms with Crippen LogP contribution in [0.5, 0.6) is 11.5 Å². The number of thiazole rings is 1. The Labute approximate surface area is 202 Å². The van der Waals surface area contributed by atoms with E-state index in [0.717, 1.165) is 27.7 Å². The number of anilines is 1. The van der Waals surface area contributed by atoms with E-state index in [0.29, 0.717) is 49.7 Å². The zero-order valence-electron chi connectivity index (χ0n) is 19.6. The van der Waals surface area contributed by atoms with Gasteiger partial charge in [-0.1, -0.05) is 0 Å². The minimum Gasteiger partial charge on any atom is -0.454 e. The number of nitrogens with one attached hydrogen (secondary N) is 1. The molecular weight excluding hydrogens is 452 g/mol. The van der Waals surface area contributed by atoms with Gasteiger partial charge in [-0.15, -0.1) is 11.3 Å². The maximum absolute atomic E-state index is 13.1. The van der Waals surface area contributed by atoms with Crippen molar-refractivity contribution in [3.8, 4) is 22.8 Å². The molecule has 0 aliphatic carbocycles. The molecule has 0 saturated carbocycles. The van der Waals surface area contributed by atoms with Crippen LogP contribution in [0.1, 0.15) is 29.2 Å². The van der Waals surface area contributed by atoms with Crippen molar-refractivity contribution >= 4 is 28.8 Å². The van der Waals surface area contributed by atoms with Crippen molar-refractivity contribution in [2.75, 3.05) is 25.2 Å². The highest BCUT2D eigenvalue weighted by Crippen LogP contribution is 2.34. The lowest BCUT2D eigenvalue weighted by atomic mass is 9.95. The molecule has 2 amide bonds. The standard InChI is InChI=1S/C25H28N4O4S/c1-15-10-20(21-13-34-17(3)26-21)16(2)29(15)12-24(30)28-8-6-18(7-9-28)25(31)27-19-4-5-22-23(11-19)33-14-32-22/h4-5,10-11,13,18H,6-9,12,14H2,1-3H3,(H,27,31). The summed E-state index contributed by atoms with van der Waals surface area (Å²) in [6.45, 7) is 7.72. The number of likely N-dealkylation sites (tertiary alicyclic amines) is 1. The first-order chi connectivity index (χ1) is 16.4. The van der Waals surface area contributed by atoms with E-state index >= 15 is 0 Å². The fraction of sp³-hybridized carbons (Fsp3) is 0.400. The van der Waals surface area contributed by atoms with Crippen molar-refractivity contribution in [1.82, 2.24) is 14.5 Å². The minimum atomic E-state index is -0.121. The summed E-state index contributed by atoms with van der Waals surface area (Å²) in [4.78, 5) is 32.3. The molecule has 2 aromatic heterocycles. The Morgan fingerprint density at radius 3 is 2.62 bits per heavy atom. The maximum Gasteiger partial charge on any atom is 0.242 e. The van der Waals surface area contributed by atoms with E-state index in [9.17, 15) is 9.59 Å². The van der Waals surface area contributed by atoms with Crippen LogP contribution >= 0.6 is 11.3 Å². The monoisotopic (exact) mass is 480 g/mol. The third-order valence-electron chi connectivity index (χ3n) is 6.62. The number of hydrogen-bond donors (Lipinski definition) is 1. The highest BCUT2D eigenvalue weighted by Gasteiger charge is 2.28. The normalized spacial score (nSPS) is 15.6. The van der Waals surface area contributed by atoms with Crippen molar-refractivity contribution in [1.29, 1.82) is 0 Å². The third kappa shape index (κ3) is 4.40. The number of fused-ring (bicyclic) bond motifs is 1. The summed E-state index contributed by atoms with van der Waals surface area (Å²) in [7, 11) is 0. The number of piperidine rings is 1. The quantitative estimate of drug-likeness (QED) is 0.593. The topological polar surface area (TPSA) is 85.7 Å². The fourth-order valence-electron chi connectivity index (χ4n) is 4.64. The lowest BCUT2D eigenvalue weighted by Gasteiger charge is -2.31. The SMILES string of the molecule is Cc1nc(-c2cc(C)n(CC(=O)N3CCC(C(=O)Nc4ccc5c(c4)OCO5)CC3)c2C)cs1. The van der Waals surface area contributed by atoms with Crippen LogP contribution in [0.15, 0.2) is 29.6 Å². The van der Waals surface area contributed by atoms with Crippen molar-refractivity contribution in [3.05, 3.63) is 46.0 Å². The van der Waals surface area contributed by atoms with Gasteiger partial charge in [-0.2, -0.15) is 0 Å². The smallest absolute Gasteiger partial charge is 0.242 e. The van der Waals surface area contributed by atoms with Crippen LogP contribution in [-0.4, -0.2) is 46.1 Å². The van der Waals surface area contributed by atoms with Crippen molar-refractivity contribution in [2.45, 2.75) is 40.2 Å². The molecule has 1 aromatic carbocycles. The van der Waals surface area contributed by atoms with E-state index in [1.165, 1.54) is 0 Å². The molecule has 0 spiro atoms. The van der Waals surface area contributed by atoms with Crippen LogP contribution in [-0.2, 0) is 16.1 Å². The average molecular weight is 481 g/mol. The number of aromatic nitrogens is 2. The van der Waals surface area contributed by atoms with Crippen molar-refractivity contribution < 1.29 is 19.1 Å². The fourth-order valence-corrected chi connectivity index (χ4v) is 5.25. The van der Waals surface area contributed by atoms with Crippen LogP contribution in [0.4, 0.5) is 5.69 Å². The van der Waals surface area contributed by atoms with E-state index in [1.54, 1.807) is 23.5 Å². The van der Waals surface area contributed by atoms with Gasteiger partial charge >= 0.3 is 0 Å². The molecule has 1 saturated heterocycles. The summed E-state index contributed by atoms with van der Waals surface area (Å²) in [5, 5.41) is 6.06. The van der Waals surface area contributed by atoms with Crippen LogP contribution in [0.2, 0.25) is 0 Å². The molecule has 2 aliphatic heterocycles. The van der Waals surface area contributed by atoms with Gasteiger partial charge in [-0.25, -0.2) is 4.98 Å². The van der Waals surface area contributed by atoms with Gasteiger partial charge < -0.3 is 24.3 Å². The van der Waals surface area contributed by atoms with Crippen molar-refractivity contribution in [2.24, 2.45) is 5.92 Å². The van der Waals surface area contributed by atoms with Gasteiger partial charge in [0.1, 0.15) is 6.54 Å². The van der Waals surface area contributed by atoms with Crippen LogP contribution in [0, 0.1) is 26.7 Å². The molecule has 8 nitrogen and oxygen atoms in total. The lowest BCUT2D eigenvalue weighted by Crippen LogP contribution is -2.42. The van der Waals surface area contributed by atoms with E-state index < -0.39 is 0 Å². The molecule has 178 valence electrons. The number of rotatable bonds is 5. The molecule has 34 heavy (non-hydrogen) atoms. The summed E-state index contributed by atoms with van der Waals surface area (Å²) in [5.41, 5.74) is 4.83. The number of amides is 2. The molecule has 5 rings (SSSR count). The molecule has 2 aliphatic rings. The Kier molecular flexibility index (Phi) is 6.03. The molecule has 0 unspecified atom stereocenters. The third-order valence-corrected chi connectivity index (χ3v) is 7.39. The van der Waals surface area contributed by atoms with Gasteiger partial charge in [0, 0.05) is 53.1 Å². The maximum atomic E-state index is 13.1. The van der Waals surface area contributed by atoms with E-state index in [4.69, 9.17) is 9.47 Å². The van der Waals surface area contributed by atoms with Crippen LogP contribution < -0.4 is 14.8 Å². The van der Waals surface area contributed by atoms with Crippen molar-refractivity contribution in [3.63, 3.8) is 0 Å². The highest BCUT2D eigenvalue weighted by molar-refractivity contribution is 7.09. The second-order valence-corrected chi connectivity index (χ2v) is 9.90. The van der Waals surface area contributed by atoms with Gasteiger partial charge in [0.2, 0.25) is 18.6 Å². The zero-order valence-corrected chi connectivity index (χ0v) is 20.4. The Bertz CT molecular complexity index is 1240. The number of carbonyl (C=O) groups excluding carboxylic acids is 2. The summed E-state index contributed by atoms with van der Waals surface area (Å²) < 4.78 is 12.8.